The number of likely N-dealkylation sites (N-methyl/N-ethyl adjacent to an activating group) is 1. The Morgan fingerprint density at radius 1 is 1.11 bits per heavy atom. The highest BCUT2D eigenvalue weighted by Crippen LogP contribution is 2.65. The van der Waals surface area contributed by atoms with Crippen LogP contribution in [0.5, 0.6) is 5.75 Å². The minimum Gasteiger partial charge on any atom is -0.406 e. The number of nitrogens with one attached hydrogen (secondary N) is 1. The Bertz CT molecular complexity index is 1100. The Kier molecular flexibility index (Phi) is 5.95. The first-order valence-corrected chi connectivity index (χ1v) is 13.0. The van der Waals surface area contributed by atoms with Crippen LogP contribution in [0.15, 0.2) is 30.4 Å². The lowest BCUT2D eigenvalue weighted by molar-refractivity contribution is -0.274. The van der Waals surface area contributed by atoms with E-state index >= 15 is 0 Å². The third kappa shape index (κ3) is 4.01. The quantitative estimate of drug-likeness (QED) is 0.542. The number of anilines is 1. The lowest BCUT2D eigenvalue weighted by Gasteiger charge is -2.60. The summed E-state index contributed by atoms with van der Waals surface area (Å²) >= 11 is 0. The van der Waals surface area contributed by atoms with E-state index < -0.39 is 6.36 Å². The molecule has 5 nitrogen and oxygen atoms in total. The summed E-state index contributed by atoms with van der Waals surface area (Å²) in [6.07, 6.45) is 5.02. The zero-order valence-corrected chi connectivity index (χ0v) is 21.3. The number of rotatable bonds is 3. The molecule has 0 radical (unpaired) electrons. The zero-order valence-electron chi connectivity index (χ0n) is 21.3. The monoisotopic (exact) mass is 504 g/mol. The molecule has 0 unspecified atom stereocenters. The third-order valence-corrected chi connectivity index (χ3v) is 10.1. The first-order chi connectivity index (χ1) is 16.8. The summed E-state index contributed by atoms with van der Waals surface area (Å²) in [5.74, 6) is 1.07. The van der Waals surface area contributed by atoms with Crippen LogP contribution in [0.1, 0.15) is 57.9 Å². The molecule has 1 aromatic carbocycles. The van der Waals surface area contributed by atoms with Gasteiger partial charge in [-0.2, -0.15) is 0 Å². The van der Waals surface area contributed by atoms with Gasteiger partial charge in [0.25, 0.3) is 0 Å². The maximum atomic E-state index is 13.5. The van der Waals surface area contributed by atoms with Crippen LogP contribution in [0, 0.1) is 41.4 Å². The van der Waals surface area contributed by atoms with Gasteiger partial charge in [0.2, 0.25) is 11.8 Å². The molecule has 4 aliphatic rings. The molecular weight excluding hydrogens is 469 g/mol. The summed E-state index contributed by atoms with van der Waals surface area (Å²) in [5, 5.41) is 3.00. The standard InChI is InChI=1S/C28H35F3N2O3/c1-16-15-17(36-28(29,30)31)5-9-22(16)32-25(35)21-8-7-19-18-6-10-23-27(3,14-12-24(34)33(23)4)20(18)11-13-26(19,21)2/h5,9,12,14-15,18-21,23H,6-8,10-11,13H2,1-4H3,(H,32,35)/t18-,19-,20-,21+,23+,26-,27+/m0/s1. The second kappa shape index (κ2) is 8.52. The summed E-state index contributed by atoms with van der Waals surface area (Å²) in [7, 11) is 1.92. The van der Waals surface area contributed by atoms with E-state index in [1.54, 1.807) is 13.0 Å². The molecule has 1 aromatic rings. The molecule has 196 valence electrons. The second-order valence-corrected chi connectivity index (χ2v) is 11.8. The minimum atomic E-state index is -4.75. The normalized spacial score (nSPS) is 37.7. The van der Waals surface area contributed by atoms with Gasteiger partial charge in [-0.25, -0.2) is 0 Å². The fourth-order valence-electron chi connectivity index (χ4n) is 8.36. The highest BCUT2D eigenvalue weighted by atomic mass is 19.4. The Balaban J connectivity index is 1.32. The molecular formula is C28H35F3N2O3. The Labute approximate surface area is 210 Å². The van der Waals surface area contributed by atoms with Crippen molar-refractivity contribution in [2.24, 2.45) is 34.5 Å². The molecule has 0 saturated heterocycles. The van der Waals surface area contributed by atoms with E-state index in [2.05, 4.69) is 30.0 Å². The van der Waals surface area contributed by atoms with Crippen molar-refractivity contribution in [1.82, 2.24) is 4.90 Å². The van der Waals surface area contributed by atoms with Crippen LogP contribution in [0.4, 0.5) is 18.9 Å². The lowest BCUT2D eigenvalue weighted by Crippen LogP contribution is -2.59. The predicted octanol–water partition coefficient (Wildman–Crippen LogP) is 6.09. The highest BCUT2D eigenvalue weighted by Gasteiger charge is 2.61. The average molecular weight is 505 g/mol. The second-order valence-electron chi connectivity index (χ2n) is 11.8. The van der Waals surface area contributed by atoms with Crippen LogP contribution in [-0.4, -0.2) is 36.2 Å². The summed E-state index contributed by atoms with van der Waals surface area (Å²) in [4.78, 5) is 27.7. The molecule has 0 bridgehead atoms. The number of ether oxygens (including phenoxy) is 1. The predicted molar refractivity (Wildman–Crippen MR) is 130 cm³/mol. The van der Waals surface area contributed by atoms with E-state index in [-0.39, 0.29) is 40.4 Å². The van der Waals surface area contributed by atoms with Gasteiger partial charge < -0.3 is 15.0 Å². The fourth-order valence-corrected chi connectivity index (χ4v) is 8.36. The van der Waals surface area contributed by atoms with Crippen molar-refractivity contribution in [3.8, 4) is 5.75 Å². The van der Waals surface area contributed by atoms with Crippen LogP contribution < -0.4 is 10.1 Å². The molecule has 1 N–H and O–H groups in total. The lowest BCUT2D eigenvalue weighted by atomic mass is 9.47. The topological polar surface area (TPSA) is 58.6 Å². The third-order valence-electron chi connectivity index (χ3n) is 10.1. The molecule has 5 rings (SSSR count). The van der Waals surface area contributed by atoms with Crippen molar-refractivity contribution >= 4 is 17.5 Å². The number of nitrogens with zero attached hydrogens (tertiary/aromatic N) is 1. The number of carbonyl (C=O) groups is 2. The number of aryl methyl sites for hydroxylation is 1. The van der Waals surface area contributed by atoms with E-state index in [1.165, 1.54) is 18.2 Å². The zero-order chi connectivity index (χ0) is 26.0. The van der Waals surface area contributed by atoms with Crippen molar-refractivity contribution in [3.05, 3.63) is 35.9 Å². The number of fused-ring (bicyclic) bond motifs is 5. The van der Waals surface area contributed by atoms with Gasteiger partial charge in [-0.3, -0.25) is 9.59 Å². The van der Waals surface area contributed by atoms with E-state index in [1.807, 2.05) is 11.9 Å². The molecule has 3 fully saturated rings. The van der Waals surface area contributed by atoms with E-state index in [9.17, 15) is 22.8 Å². The number of benzene rings is 1. The Morgan fingerprint density at radius 2 is 1.86 bits per heavy atom. The number of hydrogen-bond acceptors (Lipinski definition) is 3. The van der Waals surface area contributed by atoms with E-state index in [0.717, 1.165) is 38.5 Å². The first-order valence-electron chi connectivity index (χ1n) is 13.0. The van der Waals surface area contributed by atoms with Gasteiger partial charge in [0.05, 0.1) is 0 Å². The van der Waals surface area contributed by atoms with Gasteiger partial charge in [0, 0.05) is 30.1 Å². The highest BCUT2D eigenvalue weighted by molar-refractivity contribution is 5.94. The minimum absolute atomic E-state index is 0.0371. The molecule has 3 aliphatic carbocycles. The summed E-state index contributed by atoms with van der Waals surface area (Å²) in [5.41, 5.74) is 0.901. The van der Waals surface area contributed by atoms with Crippen LogP contribution in [0.25, 0.3) is 0 Å². The smallest absolute Gasteiger partial charge is 0.406 e. The summed E-state index contributed by atoms with van der Waals surface area (Å²) < 4.78 is 41.6. The van der Waals surface area contributed by atoms with E-state index in [0.29, 0.717) is 29.0 Å². The maximum absolute atomic E-state index is 13.5. The summed E-state index contributed by atoms with van der Waals surface area (Å²) in [6, 6.07) is 4.24. The van der Waals surface area contributed by atoms with Crippen molar-refractivity contribution in [2.45, 2.75) is 71.7 Å². The molecule has 0 spiro atoms. The fraction of sp³-hybridized carbons (Fsp3) is 0.643. The van der Waals surface area contributed by atoms with Crippen LogP contribution in [0.3, 0.4) is 0 Å². The summed E-state index contributed by atoms with van der Waals surface area (Å²) in [6.45, 7) is 6.24. The number of halogens is 3. The largest absolute Gasteiger partial charge is 0.573 e. The van der Waals surface area contributed by atoms with Crippen molar-refractivity contribution in [3.63, 3.8) is 0 Å². The molecule has 0 aromatic heterocycles. The number of amides is 2. The molecule has 7 atom stereocenters. The van der Waals surface area contributed by atoms with Gasteiger partial charge in [-0.15, -0.1) is 13.2 Å². The molecule has 3 saturated carbocycles. The number of hydrogen-bond donors (Lipinski definition) is 1. The molecule has 1 heterocycles. The van der Waals surface area contributed by atoms with Crippen molar-refractivity contribution < 1.29 is 27.5 Å². The van der Waals surface area contributed by atoms with Gasteiger partial charge in [-0.1, -0.05) is 19.9 Å². The molecule has 36 heavy (non-hydrogen) atoms. The van der Waals surface area contributed by atoms with Gasteiger partial charge >= 0.3 is 6.36 Å². The van der Waals surface area contributed by atoms with Gasteiger partial charge in [0.15, 0.2) is 0 Å². The SMILES string of the molecule is Cc1cc(OC(F)(F)F)ccc1NC(=O)[C@H]1CC[C@H]2[C@@H]3CC[C@H]4N(C)C(=O)C=C[C@]4(C)[C@H]3CC[C@]12C. The Hall–Kier alpha value is -2.51. The van der Waals surface area contributed by atoms with Crippen LogP contribution in [-0.2, 0) is 9.59 Å². The Morgan fingerprint density at radius 3 is 2.56 bits per heavy atom. The van der Waals surface area contributed by atoms with Crippen molar-refractivity contribution in [2.75, 3.05) is 12.4 Å². The maximum Gasteiger partial charge on any atom is 0.573 e. The number of alkyl halides is 3. The van der Waals surface area contributed by atoms with Crippen molar-refractivity contribution in [1.29, 1.82) is 0 Å². The average Bonchev–Trinajstić information content (AvgIpc) is 3.15. The van der Waals surface area contributed by atoms with E-state index in [4.69, 9.17) is 0 Å². The molecule has 2 amide bonds. The number of carbonyl (C=O) groups excluding carboxylic acids is 2. The molecule has 1 aliphatic heterocycles. The molecule has 8 heteroatoms. The first kappa shape index (κ1) is 25.2. The van der Waals surface area contributed by atoms with Gasteiger partial charge in [-0.05, 0) is 98.5 Å². The van der Waals surface area contributed by atoms with Crippen LogP contribution >= 0.6 is 0 Å². The van der Waals surface area contributed by atoms with Gasteiger partial charge in [0.1, 0.15) is 5.75 Å². The van der Waals surface area contributed by atoms with Crippen LogP contribution in [0.2, 0.25) is 0 Å².